The molecule has 1 aromatic heterocycles. The Hall–Kier alpha value is -2.94. The lowest BCUT2D eigenvalue weighted by Gasteiger charge is -2.40. The zero-order valence-electron chi connectivity index (χ0n) is 16.3. The molecule has 3 amide bonds. The molecule has 4 rings (SSSR count). The lowest BCUT2D eigenvalue weighted by atomic mass is 9.95. The maximum Gasteiger partial charge on any atom is 0.255 e. The van der Waals surface area contributed by atoms with Crippen molar-refractivity contribution < 1.29 is 14.4 Å². The Labute approximate surface area is 172 Å². The van der Waals surface area contributed by atoms with Crippen LogP contribution in [0.4, 0.5) is 10.8 Å². The summed E-state index contributed by atoms with van der Waals surface area (Å²) >= 11 is 1.35. The second kappa shape index (κ2) is 7.47. The monoisotopic (exact) mass is 413 g/mol. The van der Waals surface area contributed by atoms with Crippen molar-refractivity contribution in [1.29, 1.82) is 0 Å². The molecule has 0 unspecified atom stereocenters. The SMILES string of the molecule is Cc1csc(NC(=O)[C@@H](C)N2CC[C@@]3(CCC2=O)NC(=O)c2ccccc2N3)n1. The summed E-state index contributed by atoms with van der Waals surface area (Å²) < 4.78 is 0. The normalized spacial score (nSPS) is 22.3. The van der Waals surface area contributed by atoms with Crippen LogP contribution in [0.3, 0.4) is 0 Å². The van der Waals surface area contributed by atoms with Crippen molar-refractivity contribution in [1.82, 2.24) is 15.2 Å². The predicted octanol–water partition coefficient (Wildman–Crippen LogP) is 2.34. The van der Waals surface area contributed by atoms with Gasteiger partial charge >= 0.3 is 0 Å². The number of carbonyl (C=O) groups is 3. The van der Waals surface area contributed by atoms with Crippen LogP contribution in [-0.2, 0) is 9.59 Å². The molecular weight excluding hydrogens is 390 g/mol. The number of fused-ring (bicyclic) bond motifs is 1. The molecule has 0 aliphatic carbocycles. The van der Waals surface area contributed by atoms with E-state index in [1.807, 2.05) is 30.5 Å². The van der Waals surface area contributed by atoms with Gasteiger partial charge in [0.05, 0.1) is 11.3 Å². The molecule has 2 aliphatic heterocycles. The third-order valence-electron chi connectivity index (χ3n) is 5.46. The molecule has 1 saturated heterocycles. The van der Waals surface area contributed by atoms with E-state index in [9.17, 15) is 14.4 Å². The van der Waals surface area contributed by atoms with E-state index >= 15 is 0 Å². The lowest BCUT2D eigenvalue weighted by Crippen LogP contribution is -2.58. The van der Waals surface area contributed by atoms with Crippen molar-refractivity contribution in [2.45, 2.75) is 44.8 Å². The van der Waals surface area contributed by atoms with E-state index in [1.54, 1.807) is 17.9 Å². The largest absolute Gasteiger partial charge is 0.362 e. The first-order valence-electron chi connectivity index (χ1n) is 9.59. The summed E-state index contributed by atoms with van der Waals surface area (Å²) in [6.07, 6.45) is 1.21. The Kier molecular flexibility index (Phi) is 4.99. The first kappa shape index (κ1) is 19.4. The Bertz CT molecular complexity index is 975. The molecule has 0 bridgehead atoms. The fourth-order valence-electron chi connectivity index (χ4n) is 3.81. The number of aryl methyl sites for hydroxylation is 1. The van der Waals surface area contributed by atoms with Crippen LogP contribution in [0.25, 0.3) is 0 Å². The van der Waals surface area contributed by atoms with Crippen molar-refractivity contribution in [3.05, 3.63) is 40.9 Å². The van der Waals surface area contributed by atoms with Crippen LogP contribution in [0.2, 0.25) is 0 Å². The van der Waals surface area contributed by atoms with Gasteiger partial charge in [-0.3, -0.25) is 14.4 Å². The number of aromatic nitrogens is 1. The quantitative estimate of drug-likeness (QED) is 0.717. The molecule has 0 saturated carbocycles. The Morgan fingerprint density at radius 1 is 1.28 bits per heavy atom. The summed E-state index contributed by atoms with van der Waals surface area (Å²) in [5.41, 5.74) is 1.50. The summed E-state index contributed by atoms with van der Waals surface area (Å²) in [7, 11) is 0. The van der Waals surface area contributed by atoms with Crippen LogP contribution in [-0.4, -0.2) is 45.9 Å². The minimum absolute atomic E-state index is 0.102. The van der Waals surface area contributed by atoms with Gasteiger partial charge in [0.2, 0.25) is 11.8 Å². The van der Waals surface area contributed by atoms with Crippen molar-refractivity contribution in [2.24, 2.45) is 0 Å². The number of carbonyl (C=O) groups excluding carboxylic acids is 3. The number of nitrogens with one attached hydrogen (secondary N) is 3. The summed E-state index contributed by atoms with van der Waals surface area (Å²) in [5, 5.41) is 11.6. The summed E-state index contributed by atoms with van der Waals surface area (Å²) in [4.78, 5) is 43.8. The smallest absolute Gasteiger partial charge is 0.255 e. The number of benzene rings is 1. The summed E-state index contributed by atoms with van der Waals surface area (Å²) in [5.74, 6) is -0.519. The molecule has 2 aliphatic rings. The molecule has 9 heteroatoms. The molecule has 0 radical (unpaired) electrons. The second-order valence-corrected chi connectivity index (χ2v) is 8.36. The van der Waals surface area contributed by atoms with Crippen molar-refractivity contribution in [3.8, 4) is 0 Å². The van der Waals surface area contributed by atoms with Crippen molar-refractivity contribution in [3.63, 3.8) is 0 Å². The van der Waals surface area contributed by atoms with Crippen LogP contribution in [0.1, 0.15) is 42.2 Å². The molecule has 152 valence electrons. The highest BCUT2D eigenvalue weighted by atomic mass is 32.1. The van der Waals surface area contributed by atoms with Gasteiger partial charge in [-0.25, -0.2) is 4.98 Å². The van der Waals surface area contributed by atoms with E-state index in [4.69, 9.17) is 0 Å². The molecule has 1 spiro atoms. The third-order valence-corrected chi connectivity index (χ3v) is 6.34. The molecule has 1 aromatic carbocycles. The Morgan fingerprint density at radius 2 is 2.07 bits per heavy atom. The van der Waals surface area contributed by atoms with Gasteiger partial charge < -0.3 is 20.9 Å². The van der Waals surface area contributed by atoms with E-state index in [-0.39, 0.29) is 24.1 Å². The topological polar surface area (TPSA) is 103 Å². The van der Waals surface area contributed by atoms with Crippen molar-refractivity contribution >= 4 is 39.9 Å². The van der Waals surface area contributed by atoms with Gasteiger partial charge in [0, 0.05) is 30.5 Å². The molecule has 2 atom stereocenters. The zero-order chi connectivity index (χ0) is 20.6. The highest BCUT2D eigenvalue weighted by Gasteiger charge is 2.41. The molecule has 8 nitrogen and oxygen atoms in total. The number of likely N-dealkylation sites (tertiary alicyclic amines) is 1. The van der Waals surface area contributed by atoms with E-state index < -0.39 is 11.7 Å². The minimum atomic E-state index is -0.696. The molecule has 3 N–H and O–H groups in total. The van der Waals surface area contributed by atoms with E-state index in [0.717, 1.165) is 11.4 Å². The summed E-state index contributed by atoms with van der Waals surface area (Å²) in [6.45, 7) is 3.94. The predicted molar refractivity (Wildman–Crippen MR) is 111 cm³/mol. The van der Waals surface area contributed by atoms with Crippen LogP contribution >= 0.6 is 11.3 Å². The minimum Gasteiger partial charge on any atom is -0.362 e. The standard InChI is InChI=1S/C20H23N5O3S/c1-12-11-29-19(21-12)22-17(27)13(2)25-10-9-20(8-7-16(25)26)23-15-6-4-3-5-14(15)18(28)24-20/h3-6,11,13,23H,7-10H2,1-2H3,(H,24,28)(H,21,22,27)/t13-,20-/m1/s1. The molecule has 1 fully saturated rings. The number of hydrogen-bond acceptors (Lipinski definition) is 6. The maximum absolute atomic E-state index is 12.8. The molecular formula is C20H23N5O3S. The highest BCUT2D eigenvalue weighted by Crippen LogP contribution is 2.32. The van der Waals surface area contributed by atoms with E-state index in [0.29, 0.717) is 30.1 Å². The summed E-state index contributed by atoms with van der Waals surface area (Å²) in [6, 6.07) is 6.70. The Morgan fingerprint density at radius 3 is 2.83 bits per heavy atom. The van der Waals surface area contributed by atoms with Gasteiger partial charge in [0.1, 0.15) is 11.7 Å². The van der Waals surface area contributed by atoms with Gasteiger partial charge in [-0.15, -0.1) is 11.3 Å². The van der Waals surface area contributed by atoms with Gasteiger partial charge in [-0.05, 0) is 32.4 Å². The van der Waals surface area contributed by atoms with Crippen LogP contribution in [0.15, 0.2) is 29.6 Å². The molecule has 2 aromatic rings. The van der Waals surface area contributed by atoms with Gasteiger partial charge in [-0.2, -0.15) is 0 Å². The fourth-order valence-corrected chi connectivity index (χ4v) is 4.50. The van der Waals surface area contributed by atoms with E-state index in [2.05, 4.69) is 20.9 Å². The van der Waals surface area contributed by atoms with Crippen LogP contribution < -0.4 is 16.0 Å². The highest BCUT2D eigenvalue weighted by molar-refractivity contribution is 7.13. The molecule has 3 heterocycles. The van der Waals surface area contributed by atoms with E-state index in [1.165, 1.54) is 11.3 Å². The second-order valence-electron chi connectivity index (χ2n) is 7.50. The number of rotatable bonds is 3. The first-order valence-corrected chi connectivity index (χ1v) is 10.5. The maximum atomic E-state index is 12.8. The fraction of sp³-hybridized carbons (Fsp3) is 0.400. The van der Waals surface area contributed by atoms with Gasteiger partial charge in [0.15, 0.2) is 5.13 Å². The lowest BCUT2D eigenvalue weighted by molar-refractivity contribution is -0.137. The molecule has 29 heavy (non-hydrogen) atoms. The average molecular weight is 414 g/mol. The number of para-hydroxylation sites is 1. The number of anilines is 2. The van der Waals surface area contributed by atoms with Gasteiger partial charge in [0.25, 0.3) is 5.91 Å². The van der Waals surface area contributed by atoms with Crippen molar-refractivity contribution in [2.75, 3.05) is 17.2 Å². The van der Waals surface area contributed by atoms with Gasteiger partial charge in [-0.1, -0.05) is 12.1 Å². The number of amides is 3. The van der Waals surface area contributed by atoms with Crippen LogP contribution in [0.5, 0.6) is 0 Å². The van der Waals surface area contributed by atoms with Crippen LogP contribution in [0, 0.1) is 6.92 Å². The third kappa shape index (κ3) is 3.82. The average Bonchev–Trinajstić information content (AvgIpc) is 3.04. The zero-order valence-corrected chi connectivity index (χ0v) is 17.1. The Balaban J connectivity index is 1.48. The number of thiazole rings is 1. The first-order chi connectivity index (χ1) is 13.9. The number of nitrogens with zero attached hydrogens (tertiary/aromatic N) is 2. The number of hydrogen-bond donors (Lipinski definition) is 3.